The van der Waals surface area contributed by atoms with Crippen LogP contribution < -0.4 is 5.73 Å². The molecule has 0 amide bonds. The van der Waals surface area contributed by atoms with Crippen LogP contribution in [0, 0.1) is 5.41 Å². The molecule has 0 aromatic rings. The van der Waals surface area contributed by atoms with Crippen molar-refractivity contribution in [3.63, 3.8) is 0 Å². The molecule has 2 rings (SSSR count). The molecule has 14 heavy (non-hydrogen) atoms. The number of aliphatic hydroxyl groups is 1. The molecular formula is C12H23NO. The first-order valence-corrected chi connectivity index (χ1v) is 6.15. The maximum Gasteiger partial charge on any atom is 0.0715 e. The zero-order valence-electron chi connectivity index (χ0n) is 9.10. The highest BCUT2D eigenvalue weighted by Crippen LogP contribution is 2.55. The molecule has 0 saturated heterocycles. The third-order valence-electron chi connectivity index (χ3n) is 4.60. The summed E-state index contributed by atoms with van der Waals surface area (Å²) in [7, 11) is 0. The van der Waals surface area contributed by atoms with Crippen molar-refractivity contribution in [2.45, 2.75) is 63.4 Å². The van der Waals surface area contributed by atoms with Crippen molar-refractivity contribution in [2.75, 3.05) is 6.54 Å². The van der Waals surface area contributed by atoms with Gasteiger partial charge in [-0.05, 0) is 44.1 Å². The Bertz CT molecular complexity index is 194. The van der Waals surface area contributed by atoms with Crippen LogP contribution in [0.25, 0.3) is 0 Å². The maximum atomic E-state index is 10.7. The fourth-order valence-corrected chi connectivity index (χ4v) is 3.77. The first-order chi connectivity index (χ1) is 6.72. The molecule has 0 heterocycles. The highest BCUT2D eigenvalue weighted by Gasteiger charge is 2.51. The van der Waals surface area contributed by atoms with E-state index in [-0.39, 0.29) is 5.41 Å². The lowest BCUT2D eigenvalue weighted by molar-refractivity contribution is -0.116. The van der Waals surface area contributed by atoms with Gasteiger partial charge in [0.05, 0.1) is 5.60 Å². The topological polar surface area (TPSA) is 46.2 Å². The second-order valence-electron chi connectivity index (χ2n) is 5.26. The van der Waals surface area contributed by atoms with Gasteiger partial charge < -0.3 is 10.8 Å². The van der Waals surface area contributed by atoms with Crippen molar-refractivity contribution in [2.24, 2.45) is 11.1 Å². The summed E-state index contributed by atoms with van der Waals surface area (Å²) in [6.07, 6.45) is 10.7. The van der Waals surface area contributed by atoms with Crippen LogP contribution in [0.4, 0.5) is 0 Å². The quantitative estimate of drug-likeness (QED) is 0.713. The number of hydrogen-bond acceptors (Lipinski definition) is 2. The Labute approximate surface area is 86.9 Å². The van der Waals surface area contributed by atoms with Crippen LogP contribution in [0.1, 0.15) is 57.8 Å². The van der Waals surface area contributed by atoms with Gasteiger partial charge >= 0.3 is 0 Å². The van der Waals surface area contributed by atoms with E-state index in [0.29, 0.717) is 6.54 Å². The van der Waals surface area contributed by atoms with Gasteiger partial charge in [-0.3, -0.25) is 0 Å². The molecule has 1 spiro atoms. The molecular weight excluding hydrogens is 174 g/mol. The van der Waals surface area contributed by atoms with Crippen LogP contribution in [-0.2, 0) is 0 Å². The third-order valence-corrected chi connectivity index (χ3v) is 4.60. The fourth-order valence-electron chi connectivity index (χ4n) is 3.77. The predicted octanol–water partition coefficient (Wildman–Crippen LogP) is 2.20. The second kappa shape index (κ2) is 3.82. The minimum atomic E-state index is -0.420. The Morgan fingerprint density at radius 2 is 1.43 bits per heavy atom. The molecule has 1 unspecified atom stereocenters. The molecule has 0 radical (unpaired) electrons. The predicted molar refractivity (Wildman–Crippen MR) is 58.0 cm³/mol. The summed E-state index contributed by atoms with van der Waals surface area (Å²) >= 11 is 0. The monoisotopic (exact) mass is 197 g/mol. The highest BCUT2D eigenvalue weighted by molar-refractivity contribution is 5.03. The van der Waals surface area contributed by atoms with E-state index in [1.165, 1.54) is 44.9 Å². The minimum Gasteiger partial charge on any atom is -0.389 e. The van der Waals surface area contributed by atoms with Gasteiger partial charge in [0.15, 0.2) is 0 Å². The standard InChI is InChI=1S/C12H23NO/c13-10-9-12(14)8-4-3-7-11(12)5-1-2-6-11/h14H,1-10,13H2. The van der Waals surface area contributed by atoms with Gasteiger partial charge in [-0.25, -0.2) is 0 Å². The van der Waals surface area contributed by atoms with Crippen LogP contribution in [0.2, 0.25) is 0 Å². The van der Waals surface area contributed by atoms with E-state index < -0.39 is 5.60 Å². The van der Waals surface area contributed by atoms with Gasteiger partial charge in [-0.2, -0.15) is 0 Å². The SMILES string of the molecule is NCCC1(O)CCCCC12CCCC2. The van der Waals surface area contributed by atoms with Gasteiger partial charge in [0.25, 0.3) is 0 Å². The summed E-state index contributed by atoms with van der Waals surface area (Å²) in [6.45, 7) is 0.637. The summed E-state index contributed by atoms with van der Waals surface area (Å²) in [5.74, 6) is 0. The van der Waals surface area contributed by atoms with Gasteiger partial charge in [0.2, 0.25) is 0 Å². The Kier molecular flexibility index (Phi) is 2.85. The normalized spacial score (nSPS) is 36.4. The lowest BCUT2D eigenvalue weighted by Crippen LogP contribution is -2.50. The average molecular weight is 197 g/mol. The molecule has 0 aliphatic heterocycles. The fraction of sp³-hybridized carbons (Fsp3) is 1.00. The number of nitrogens with two attached hydrogens (primary N) is 1. The van der Waals surface area contributed by atoms with E-state index in [0.717, 1.165) is 12.8 Å². The van der Waals surface area contributed by atoms with Crippen molar-refractivity contribution in [3.05, 3.63) is 0 Å². The lowest BCUT2D eigenvalue weighted by atomic mass is 9.61. The molecule has 82 valence electrons. The molecule has 0 aromatic carbocycles. The lowest BCUT2D eigenvalue weighted by Gasteiger charge is -2.49. The van der Waals surface area contributed by atoms with Crippen LogP contribution in [0.3, 0.4) is 0 Å². The van der Waals surface area contributed by atoms with Crippen molar-refractivity contribution in [1.29, 1.82) is 0 Å². The van der Waals surface area contributed by atoms with E-state index in [1.54, 1.807) is 0 Å². The van der Waals surface area contributed by atoms with Crippen LogP contribution in [0.5, 0.6) is 0 Å². The molecule has 2 heteroatoms. The van der Waals surface area contributed by atoms with Gasteiger partial charge in [-0.15, -0.1) is 0 Å². The van der Waals surface area contributed by atoms with E-state index in [1.807, 2.05) is 0 Å². The number of rotatable bonds is 2. The van der Waals surface area contributed by atoms with Crippen LogP contribution in [-0.4, -0.2) is 17.3 Å². The summed E-state index contributed by atoms with van der Waals surface area (Å²) < 4.78 is 0. The van der Waals surface area contributed by atoms with Crippen molar-refractivity contribution in [1.82, 2.24) is 0 Å². The smallest absolute Gasteiger partial charge is 0.0715 e. The summed E-state index contributed by atoms with van der Waals surface area (Å²) in [6, 6.07) is 0. The Balaban J connectivity index is 2.17. The summed E-state index contributed by atoms with van der Waals surface area (Å²) in [5.41, 5.74) is 5.47. The van der Waals surface area contributed by atoms with Gasteiger partial charge in [-0.1, -0.05) is 25.7 Å². The maximum absolute atomic E-state index is 10.7. The van der Waals surface area contributed by atoms with Crippen molar-refractivity contribution in [3.8, 4) is 0 Å². The van der Waals surface area contributed by atoms with Crippen LogP contribution >= 0.6 is 0 Å². The molecule has 2 saturated carbocycles. The zero-order chi connectivity index (χ0) is 10.1. The van der Waals surface area contributed by atoms with E-state index in [2.05, 4.69) is 0 Å². The molecule has 0 bridgehead atoms. The molecule has 0 aromatic heterocycles. The van der Waals surface area contributed by atoms with Gasteiger partial charge in [0.1, 0.15) is 0 Å². The average Bonchev–Trinajstić information content (AvgIpc) is 2.62. The van der Waals surface area contributed by atoms with Crippen molar-refractivity contribution >= 4 is 0 Å². The van der Waals surface area contributed by atoms with Crippen molar-refractivity contribution < 1.29 is 5.11 Å². The Morgan fingerprint density at radius 3 is 1.93 bits per heavy atom. The zero-order valence-corrected chi connectivity index (χ0v) is 9.10. The van der Waals surface area contributed by atoms with Gasteiger partial charge in [0, 0.05) is 0 Å². The largest absolute Gasteiger partial charge is 0.389 e. The number of hydrogen-bond donors (Lipinski definition) is 2. The molecule has 2 fully saturated rings. The van der Waals surface area contributed by atoms with E-state index >= 15 is 0 Å². The van der Waals surface area contributed by atoms with E-state index in [9.17, 15) is 5.11 Å². The Morgan fingerprint density at radius 1 is 0.929 bits per heavy atom. The van der Waals surface area contributed by atoms with E-state index in [4.69, 9.17) is 5.73 Å². The first-order valence-electron chi connectivity index (χ1n) is 6.15. The molecule has 2 nitrogen and oxygen atoms in total. The molecule has 2 aliphatic rings. The summed E-state index contributed by atoms with van der Waals surface area (Å²) in [4.78, 5) is 0. The van der Waals surface area contributed by atoms with Crippen LogP contribution in [0.15, 0.2) is 0 Å². The Hall–Kier alpha value is -0.0800. The summed E-state index contributed by atoms with van der Waals surface area (Å²) in [5, 5.41) is 10.7. The third kappa shape index (κ3) is 1.49. The molecule has 1 atom stereocenters. The molecule has 3 N–H and O–H groups in total. The molecule has 2 aliphatic carbocycles. The minimum absolute atomic E-state index is 0.255. The second-order valence-corrected chi connectivity index (χ2v) is 5.26. The first kappa shape index (κ1) is 10.4. The highest BCUT2D eigenvalue weighted by atomic mass is 16.3.